The van der Waals surface area contributed by atoms with Gasteiger partial charge in [0, 0.05) is 6.04 Å². The van der Waals surface area contributed by atoms with Crippen LogP contribution in [0.25, 0.3) is 0 Å². The van der Waals surface area contributed by atoms with Gasteiger partial charge in [-0.1, -0.05) is 12.1 Å². The molecule has 0 aliphatic heterocycles. The zero-order valence-electron chi connectivity index (χ0n) is 11.6. The molecule has 0 aliphatic rings. The Morgan fingerprint density at radius 3 is 1.86 bits per heavy atom. The molecule has 0 saturated heterocycles. The van der Waals surface area contributed by atoms with Crippen LogP contribution in [-0.2, 0) is 9.59 Å². The van der Waals surface area contributed by atoms with Crippen LogP contribution in [0, 0.1) is 0 Å². The maximum absolute atomic E-state index is 9.63. The molecular formula is C13H17NO8-2. The molecule has 0 fully saturated rings. The van der Waals surface area contributed by atoms with Crippen LogP contribution < -0.4 is 15.9 Å². The van der Waals surface area contributed by atoms with Gasteiger partial charge in [0.25, 0.3) is 0 Å². The fourth-order valence-corrected chi connectivity index (χ4v) is 1.27. The number of carboxylic acids is 2. The van der Waals surface area contributed by atoms with Gasteiger partial charge in [-0.2, -0.15) is 0 Å². The zero-order chi connectivity index (χ0) is 17.4. The summed E-state index contributed by atoms with van der Waals surface area (Å²) < 4.78 is 0. The third kappa shape index (κ3) is 6.50. The number of aliphatic hydroxyl groups excluding tert-OH is 3. The molecule has 0 radical (unpaired) electrons. The summed E-state index contributed by atoms with van der Waals surface area (Å²) in [6, 6.07) is 6.14. The summed E-state index contributed by atoms with van der Waals surface area (Å²) in [7, 11) is 0. The molecule has 0 amide bonds. The SMILES string of the molecule is C[C@H](N)[C@H](O)c1cccc(O)c1.O=C([O-])C(O)C(O)C(=O)[O-]. The summed E-state index contributed by atoms with van der Waals surface area (Å²) in [5.74, 6) is -3.97. The second-order valence-corrected chi connectivity index (χ2v) is 4.43. The van der Waals surface area contributed by atoms with Crippen LogP contribution in [0.4, 0.5) is 0 Å². The van der Waals surface area contributed by atoms with Crippen LogP contribution in [0.2, 0.25) is 0 Å². The minimum atomic E-state index is -2.44. The first-order valence-corrected chi connectivity index (χ1v) is 6.08. The van der Waals surface area contributed by atoms with E-state index in [1.807, 2.05) is 0 Å². The lowest BCUT2D eigenvalue weighted by Gasteiger charge is -2.18. The molecule has 4 atom stereocenters. The van der Waals surface area contributed by atoms with Gasteiger partial charge in [-0.25, -0.2) is 0 Å². The van der Waals surface area contributed by atoms with Crippen molar-refractivity contribution in [2.24, 2.45) is 5.73 Å². The van der Waals surface area contributed by atoms with E-state index in [4.69, 9.17) is 21.1 Å². The Morgan fingerprint density at radius 2 is 1.55 bits per heavy atom. The molecule has 1 rings (SSSR count). The molecule has 9 nitrogen and oxygen atoms in total. The van der Waals surface area contributed by atoms with Crippen molar-refractivity contribution in [1.29, 1.82) is 0 Å². The summed E-state index contributed by atoms with van der Waals surface area (Å²) >= 11 is 0. The molecule has 9 heteroatoms. The van der Waals surface area contributed by atoms with Crippen LogP contribution in [0.3, 0.4) is 0 Å². The predicted octanol–water partition coefficient (Wildman–Crippen LogP) is -4.02. The summed E-state index contributed by atoms with van der Waals surface area (Å²) in [5.41, 5.74) is 6.13. The Morgan fingerprint density at radius 1 is 1.09 bits per heavy atom. The third-order valence-corrected chi connectivity index (χ3v) is 2.49. The number of phenolic OH excluding ortho intramolecular Hbond substituents is 1. The van der Waals surface area contributed by atoms with Crippen LogP contribution in [0.5, 0.6) is 5.75 Å². The average Bonchev–Trinajstić information content (AvgIpc) is 2.45. The molecule has 0 bridgehead atoms. The van der Waals surface area contributed by atoms with Gasteiger partial charge in [-0.15, -0.1) is 0 Å². The Hall–Kier alpha value is -2.20. The first kappa shape index (κ1) is 19.8. The lowest BCUT2D eigenvalue weighted by atomic mass is 10.0. The molecule has 124 valence electrons. The van der Waals surface area contributed by atoms with E-state index in [0.29, 0.717) is 5.56 Å². The quantitative estimate of drug-likeness (QED) is 0.360. The van der Waals surface area contributed by atoms with Crippen molar-refractivity contribution in [3.05, 3.63) is 29.8 Å². The molecule has 1 aromatic carbocycles. The number of carbonyl (C=O) groups is 2. The fourth-order valence-electron chi connectivity index (χ4n) is 1.27. The highest BCUT2D eigenvalue weighted by Gasteiger charge is 2.17. The Labute approximate surface area is 125 Å². The monoisotopic (exact) mass is 315 g/mol. The van der Waals surface area contributed by atoms with E-state index in [0.717, 1.165) is 0 Å². The molecular weight excluding hydrogens is 298 g/mol. The van der Waals surface area contributed by atoms with Crippen LogP contribution in [0.1, 0.15) is 18.6 Å². The molecule has 0 spiro atoms. The lowest BCUT2D eigenvalue weighted by molar-refractivity contribution is -0.333. The zero-order valence-corrected chi connectivity index (χ0v) is 11.6. The van der Waals surface area contributed by atoms with E-state index in [-0.39, 0.29) is 11.8 Å². The van der Waals surface area contributed by atoms with Gasteiger partial charge in [0.15, 0.2) is 0 Å². The number of aliphatic carboxylic acids is 2. The van der Waals surface area contributed by atoms with Crippen molar-refractivity contribution in [2.75, 3.05) is 0 Å². The Balaban J connectivity index is 0.000000409. The first-order chi connectivity index (χ1) is 10.1. The summed E-state index contributed by atoms with van der Waals surface area (Å²) in [6.45, 7) is 1.72. The van der Waals surface area contributed by atoms with E-state index in [2.05, 4.69) is 0 Å². The number of nitrogens with two attached hydrogens (primary N) is 1. The number of aromatic hydroxyl groups is 1. The topological polar surface area (TPSA) is 187 Å². The largest absolute Gasteiger partial charge is 0.547 e. The van der Waals surface area contributed by atoms with E-state index < -0.39 is 30.3 Å². The second-order valence-electron chi connectivity index (χ2n) is 4.43. The minimum absolute atomic E-state index is 0.146. The van der Waals surface area contributed by atoms with Gasteiger partial charge in [-0.3, -0.25) is 0 Å². The highest BCUT2D eigenvalue weighted by atomic mass is 16.4. The van der Waals surface area contributed by atoms with E-state index in [1.165, 1.54) is 6.07 Å². The van der Waals surface area contributed by atoms with Crippen LogP contribution >= 0.6 is 0 Å². The molecule has 1 aromatic rings. The van der Waals surface area contributed by atoms with Gasteiger partial charge in [0.05, 0.1) is 18.0 Å². The highest BCUT2D eigenvalue weighted by Crippen LogP contribution is 2.19. The first-order valence-electron chi connectivity index (χ1n) is 6.08. The number of hydrogen-bond acceptors (Lipinski definition) is 9. The number of rotatable bonds is 5. The number of aliphatic hydroxyl groups is 3. The lowest BCUT2D eigenvalue weighted by Crippen LogP contribution is -2.51. The smallest absolute Gasteiger partial charge is 0.124 e. The predicted molar refractivity (Wildman–Crippen MR) is 68.7 cm³/mol. The second kappa shape index (κ2) is 8.95. The van der Waals surface area contributed by atoms with Crippen molar-refractivity contribution >= 4 is 11.9 Å². The van der Waals surface area contributed by atoms with Crippen LogP contribution in [-0.4, -0.2) is 50.6 Å². The van der Waals surface area contributed by atoms with E-state index in [9.17, 15) is 24.9 Å². The minimum Gasteiger partial charge on any atom is -0.547 e. The average molecular weight is 315 g/mol. The van der Waals surface area contributed by atoms with Crippen molar-refractivity contribution in [2.45, 2.75) is 31.3 Å². The number of hydrogen-bond donors (Lipinski definition) is 5. The molecule has 0 heterocycles. The highest BCUT2D eigenvalue weighted by molar-refractivity contribution is 5.80. The maximum atomic E-state index is 9.63. The normalized spacial score (nSPS) is 15.7. The van der Waals surface area contributed by atoms with Gasteiger partial charge in [0.2, 0.25) is 0 Å². The molecule has 0 aromatic heterocycles. The van der Waals surface area contributed by atoms with Gasteiger partial charge < -0.3 is 46.0 Å². The standard InChI is InChI=1S/C9H13NO2.C4H6O6/c1-6(10)9(12)7-3-2-4-8(11)5-7;5-1(3(7)8)2(6)4(9)10/h2-6,9,11-12H,10H2,1H3;1-2,5-6H,(H,7,8)(H,9,10)/p-2/t6-,9-;/m0./s1. The summed E-state index contributed by atoms with van der Waals surface area (Å²) in [4.78, 5) is 19.3. The number of carbonyl (C=O) groups excluding carboxylic acids is 2. The van der Waals surface area contributed by atoms with Gasteiger partial charge >= 0.3 is 0 Å². The Bertz CT molecular complexity index is 487. The summed E-state index contributed by atoms with van der Waals surface area (Å²) in [6.07, 6.45) is -5.59. The molecule has 22 heavy (non-hydrogen) atoms. The number of benzene rings is 1. The number of phenols is 1. The molecule has 2 unspecified atom stereocenters. The van der Waals surface area contributed by atoms with Crippen molar-refractivity contribution in [3.63, 3.8) is 0 Å². The van der Waals surface area contributed by atoms with Crippen molar-refractivity contribution in [3.8, 4) is 5.75 Å². The number of carboxylic acid groups (broad SMARTS) is 2. The van der Waals surface area contributed by atoms with Crippen molar-refractivity contribution < 1.29 is 40.2 Å². The fraction of sp³-hybridized carbons (Fsp3) is 0.385. The maximum Gasteiger partial charge on any atom is 0.124 e. The van der Waals surface area contributed by atoms with E-state index >= 15 is 0 Å². The summed E-state index contributed by atoms with van der Waals surface area (Å²) in [5, 5.41) is 54.3. The molecule has 0 aliphatic carbocycles. The Kier molecular flexibility index (Phi) is 8.05. The third-order valence-electron chi connectivity index (χ3n) is 2.49. The van der Waals surface area contributed by atoms with Gasteiger partial charge in [0.1, 0.15) is 18.0 Å². The molecule has 6 N–H and O–H groups in total. The molecule has 0 saturated carbocycles. The van der Waals surface area contributed by atoms with Gasteiger partial charge in [-0.05, 0) is 24.6 Å². The van der Waals surface area contributed by atoms with Crippen LogP contribution in [0.15, 0.2) is 24.3 Å². The van der Waals surface area contributed by atoms with E-state index in [1.54, 1.807) is 25.1 Å². The van der Waals surface area contributed by atoms with Crippen molar-refractivity contribution in [1.82, 2.24) is 0 Å².